The summed E-state index contributed by atoms with van der Waals surface area (Å²) >= 11 is 1.83. The molecule has 0 amide bonds. The highest BCUT2D eigenvalue weighted by atomic mass is 32.1. The number of benzene rings is 10. The third-order valence-corrected chi connectivity index (χ3v) is 13.0. The van der Waals surface area contributed by atoms with E-state index in [1.807, 2.05) is 11.3 Å². The molecule has 0 N–H and O–H groups in total. The molecule has 0 saturated heterocycles. The molecule has 0 spiro atoms. The topological polar surface area (TPSA) is 30.7 Å². The summed E-state index contributed by atoms with van der Waals surface area (Å²) in [6, 6.07) is 64.1. The molecule has 4 heteroatoms. The SMILES string of the molecule is c1ccc2cc3c(cc2c1)c1c2c4ccccc4c4ccccc4c2ccc1n3-c1nc2c(ccc3ccccc32)nc1-c1ccc2c(c1)sc1ccccc12. The molecule has 0 aliphatic carbocycles. The first kappa shape index (κ1) is 30.2. The number of nitrogens with zero attached hydrogens (tertiary/aromatic N) is 3. The van der Waals surface area contributed by atoms with E-state index >= 15 is 0 Å². The molecule has 0 aliphatic heterocycles. The van der Waals surface area contributed by atoms with Crippen LogP contribution in [0.1, 0.15) is 0 Å². The molecule has 56 heavy (non-hydrogen) atoms. The second kappa shape index (κ2) is 11.2. The number of hydrogen-bond donors (Lipinski definition) is 0. The summed E-state index contributed by atoms with van der Waals surface area (Å²) in [5.74, 6) is 0.828. The smallest absolute Gasteiger partial charge is 0.165 e. The van der Waals surface area contributed by atoms with Gasteiger partial charge in [-0.25, -0.2) is 9.97 Å². The van der Waals surface area contributed by atoms with Gasteiger partial charge in [-0.1, -0.05) is 140 Å². The number of hydrogen-bond acceptors (Lipinski definition) is 3. The molecule has 0 atom stereocenters. The van der Waals surface area contributed by atoms with Crippen LogP contribution in [0, 0.1) is 0 Å². The van der Waals surface area contributed by atoms with E-state index in [2.05, 4.69) is 180 Å². The predicted molar refractivity (Wildman–Crippen MR) is 240 cm³/mol. The maximum absolute atomic E-state index is 5.72. The van der Waals surface area contributed by atoms with Crippen LogP contribution in [0.5, 0.6) is 0 Å². The molecule has 3 nitrogen and oxygen atoms in total. The quantitative estimate of drug-likeness (QED) is 0.166. The van der Waals surface area contributed by atoms with Crippen molar-refractivity contribution in [2.75, 3.05) is 0 Å². The monoisotopic (exact) mass is 727 g/mol. The molecular weight excluding hydrogens is 699 g/mol. The van der Waals surface area contributed by atoms with Gasteiger partial charge in [0.15, 0.2) is 5.82 Å². The fraction of sp³-hybridized carbons (Fsp3) is 0. The van der Waals surface area contributed by atoms with Crippen molar-refractivity contribution in [1.29, 1.82) is 0 Å². The van der Waals surface area contributed by atoms with Crippen molar-refractivity contribution >= 4 is 118 Å². The lowest BCUT2D eigenvalue weighted by Crippen LogP contribution is -2.04. The Kier molecular flexibility index (Phi) is 6.04. The Morgan fingerprint density at radius 3 is 1.79 bits per heavy atom. The van der Waals surface area contributed by atoms with E-state index in [0.717, 1.165) is 49.9 Å². The maximum Gasteiger partial charge on any atom is 0.165 e. The Hall–Kier alpha value is -7.14. The fourth-order valence-corrected chi connectivity index (χ4v) is 10.6. The molecule has 0 radical (unpaired) electrons. The zero-order chi connectivity index (χ0) is 36.5. The van der Waals surface area contributed by atoms with Gasteiger partial charge in [-0.2, -0.15) is 0 Å². The van der Waals surface area contributed by atoms with E-state index in [9.17, 15) is 0 Å². The lowest BCUT2D eigenvalue weighted by molar-refractivity contribution is 1.08. The molecule has 0 saturated carbocycles. The molecule has 10 aromatic carbocycles. The Morgan fingerprint density at radius 2 is 0.982 bits per heavy atom. The number of fused-ring (bicyclic) bond motifs is 17. The molecule has 13 rings (SSSR count). The van der Waals surface area contributed by atoms with E-state index < -0.39 is 0 Å². The molecule has 258 valence electrons. The Balaban J connectivity index is 1.24. The van der Waals surface area contributed by atoms with Crippen molar-refractivity contribution in [2.24, 2.45) is 0 Å². The number of rotatable bonds is 2. The first-order valence-corrected chi connectivity index (χ1v) is 19.9. The van der Waals surface area contributed by atoms with Crippen molar-refractivity contribution in [3.05, 3.63) is 176 Å². The summed E-state index contributed by atoms with van der Waals surface area (Å²) in [7, 11) is 0. The van der Waals surface area contributed by atoms with Crippen molar-refractivity contribution in [3.63, 3.8) is 0 Å². The number of thiophene rings is 1. The highest BCUT2D eigenvalue weighted by Crippen LogP contribution is 2.46. The first-order chi connectivity index (χ1) is 27.8. The van der Waals surface area contributed by atoms with Crippen LogP contribution in [0.4, 0.5) is 0 Å². The Bertz CT molecular complexity index is 3800. The third kappa shape index (κ3) is 4.11. The van der Waals surface area contributed by atoms with E-state index in [1.165, 1.54) is 74.0 Å². The highest BCUT2D eigenvalue weighted by molar-refractivity contribution is 7.25. The van der Waals surface area contributed by atoms with Crippen molar-refractivity contribution in [3.8, 4) is 17.1 Å². The lowest BCUT2D eigenvalue weighted by Gasteiger charge is -2.15. The average Bonchev–Trinajstić information content (AvgIpc) is 3.79. The Morgan fingerprint density at radius 1 is 0.375 bits per heavy atom. The highest BCUT2D eigenvalue weighted by Gasteiger charge is 2.24. The van der Waals surface area contributed by atoms with E-state index in [0.29, 0.717) is 0 Å². The molecule has 13 aromatic rings. The summed E-state index contributed by atoms with van der Waals surface area (Å²) in [6.07, 6.45) is 0. The minimum absolute atomic E-state index is 0.828. The van der Waals surface area contributed by atoms with Crippen molar-refractivity contribution in [1.82, 2.24) is 14.5 Å². The van der Waals surface area contributed by atoms with Gasteiger partial charge in [-0.05, 0) is 79.5 Å². The zero-order valence-corrected chi connectivity index (χ0v) is 30.8. The molecule has 0 bridgehead atoms. The summed E-state index contributed by atoms with van der Waals surface area (Å²) in [4.78, 5) is 11.3. The van der Waals surface area contributed by atoms with Crippen molar-refractivity contribution in [2.45, 2.75) is 0 Å². The van der Waals surface area contributed by atoms with Gasteiger partial charge in [0.05, 0.1) is 22.1 Å². The minimum Gasteiger partial charge on any atom is -0.292 e. The molecule has 0 aliphatic rings. The molecule has 3 aromatic heterocycles. The van der Waals surface area contributed by atoms with Crippen LogP contribution in [0.2, 0.25) is 0 Å². The zero-order valence-electron chi connectivity index (χ0n) is 30.0. The standard InChI is InChI=1S/C52H29N3S/c1-2-13-32-28-45-42(27-31(32)12-1)49-44(26-24-41-37-17-6-5-15-35(37)36-16-7-8-19-40(36)48(41)49)55(45)52-50(53-43-25-22-30-11-3-4-14-34(30)51(43)54-52)33-21-23-39-38-18-9-10-20-46(38)56-47(39)29-33/h1-29H. The summed E-state index contributed by atoms with van der Waals surface area (Å²) in [5.41, 5.74) is 5.92. The number of aromatic nitrogens is 3. The van der Waals surface area contributed by atoms with Crippen LogP contribution in [-0.2, 0) is 0 Å². The van der Waals surface area contributed by atoms with E-state index in [-0.39, 0.29) is 0 Å². The second-order valence-electron chi connectivity index (χ2n) is 14.9. The van der Waals surface area contributed by atoms with E-state index in [4.69, 9.17) is 9.97 Å². The van der Waals surface area contributed by atoms with E-state index in [1.54, 1.807) is 0 Å². The van der Waals surface area contributed by atoms with Crippen LogP contribution >= 0.6 is 11.3 Å². The molecule has 3 heterocycles. The van der Waals surface area contributed by atoms with Crippen LogP contribution in [0.3, 0.4) is 0 Å². The summed E-state index contributed by atoms with van der Waals surface area (Å²) in [5, 5.41) is 17.2. The minimum atomic E-state index is 0.828. The van der Waals surface area contributed by atoms with Gasteiger partial charge in [0.25, 0.3) is 0 Å². The van der Waals surface area contributed by atoms with Gasteiger partial charge in [0.2, 0.25) is 0 Å². The second-order valence-corrected chi connectivity index (χ2v) is 16.0. The van der Waals surface area contributed by atoms with Crippen LogP contribution < -0.4 is 0 Å². The normalized spacial score (nSPS) is 12.3. The van der Waals surface area contributed by atoms with Gasteiger partial charge in [0, 0.05) is 47.3 Å². The van der Waals surface area contributed by atoms with Gasteiger partial charge < -0.3 is 0 Å². The van der Waals surface area contributed by atoms with Gasteiger partial charge >= 0.3 is 0 Å². The van der Waals surface area contributed by atoms with Gasteiger partial charge in [-0.3, -0.25) is 4.57 Å². The average molecular weight is 728 g/mol. The van der Waals surface area contributed by atoms with Gasteiger partial charge in [-0.15, -0.1) is 11.3 Å². The van der Waals surface area contributed by atoms with Crippen molar-refractivity contribution < 1.29 is 0 Å². The molecule has 0 unspecified atom stereocenters. The Labute approximate surface area is 324 Å². The van der Waals surface area contributed by atoms with Crippen LogP contribution in [0.15, 0.2) is 176 Å². The van der Waals surface area contributed by atoms with Gasteiger partial charge in [0.1, 0.15) is 5.69 Å². The summed E-state index contributed by atoms with van der Waals surface area (Å²) < 4.78 is 4.93. The lowest BCUT2D eigenvalue weighted by atomic mass is 9.91. The predicted octanol–water partition coefficient (Wildman–Crippen LogP) is 14.5. The third-order valence-electron chi connectivity index (χ3n) is 11.9. The first-order valence-electron chi connectivity index (χ1n) is 19.1. The summed E-state index contributed by atoms with van der Waals surface area (Å²) in [6.45, 7) is 0. The largest absolute Gasteiger partial charge is 0.292 e. The fourth-order valence-electron chi connectivity index (χ4n) is 9.42. The maximum atomic E-state index is 5.72. The van der Waals surface area contributed by atoms with Crippen LogP contribution in [-0.4, -0.2) is 14.5 Å². The molecule has 0 fully saturated rings. The van der Waals surface area contributed by atoms with Crippen LogP contribution in [0.25, 0.3) is 124 Å². The molecular formula is C52H29N3S.